The van der Waals surface area contributed by atoms with Gasteiger partial charge in [0.15, 0.2) is 11.7 Å². The number of fused-ring (bicyclic) bond motifs is 3. The van der Waals surface area contributed by atoms with Gasteiger partial charge in [0.05, 0.1) is 43.8 Å². The van der Waals surface area contributed by atoms with Crippen molar-refractivity contribution in [3.8, 4) is 0 Å². The standard InChI is InChI=1S/C91H127N23O20S/c1-10-12-25-71-83(126)103-63(24-18-32-97-91(94)95)80(123)109-70(79(122)100-44-75(93)118)47-135-48-76(119)102-66(35-52-28-30-53(31-29-52)90(133)134)86(129)111(7)51(5)77(120)105-68(40-74(92)117)88(131)114-33-19-27-72(114)84(127)104-64(39-57-43-96-49-101-57)81(124)106-65(34-50(3)4)85(128)110(6)45-58(116)37-54(36-55-41-98-61-22-16-14-20-59(55)61)78(121)108-69(46-115)82(125)107-67(38-56-42-99-62-23-17-15-21-60(56)62)87(130)113(9)73(26-13-11-2)89(132)112(71)8/h14-17,20-23,28-31,41-43,49-51,54,63-73,98-99,115H,10-13,18-19,24-27,32-40,44-48H2,1-9H3,(H2,92,117)(H2,93,118)(H,96,101)(H,100,122)(H,102,119)(H,103,126)(H,104,127)(H,105,120)(H,106,124)(H,107,125)(H,108,121)(H,109,123)(H,133,134)(H4,94,95,97)/t51-,54+,63-,64-,65-,66-,67-,68-,69-,70-,71-,72-,73-/m0/s1. The number of rotatable bonds is 27. The predicted octanol–water partition coefficient (Wildman–Crippen LogP) is -1.35. The van der Waals surface area contributed by atoms with Crippen LogP contribution in [0.5, 0.6) is 0 Å². The molecule has 0 aliphatic carbocycles. The van der Waals surface area contributed by atoms with E-state index in [9.17, 15) is 72.5 Å². The Morgan fingerprint density at radius 2 is 1.14 bits per heavy atom. The number of nitrogens with two attached hydrogens (primary N) is 3. The van der Waals surface area contributed by atoms with E-state index in [1.807, 2.05) is 13.8 Å². The van der Waals surface area contributed by atoms with Crippen molar-refractivity contribution in [2.45, 2.75) is 216 Å². The number of primary amides is 2. The normalized spacial score (nSPS) is 23.3. The molecule has 732 valence electrons. The lowest BCUT2D eigenvalue weighted by Gasteiger charge is -2.36. The molecule has 8 rings (SSSR count). The number of hydrogen-bond donors (Lipinski definition) is 19. The summed E-state index contributed by atoms with van der Waals surface area (Å²) in [5.41, 5.74) is 19.7. The van der Waals surface area contributed by atoms with Crippen LogP contribution in [0.2, 0.25) is 0 Å². The first-order chi connectivity index (χ1) is 64.2. The van der Waals surface area contributed by atoms with Gasteiger partial charge in [-0.3, -0.25) is 86.9 Å². The Morgan fingerprint density at radius 1 is 0.570 bits per heavy atom. The predicted molar refractivity (Wildman–Crippen MR) is 498 cm³/mol. The van der Waals surface area contributed by atoms with Crippen LogP contribution in [0.25, 0.3) is 21.8 Å². The third-order valence-electron chi connectivity index (χ3n) is 23.8. The van der Waals surface area contributed by atoms with Gasteiger partial charge in [-0.2, -0.15) is 0 Å². The summed E-state index contributed by atoms with van der Waals surface area (Å²) in [5.74, 6) is -20.0. The maximum absolute atomic E-state index is 15.7. The van der Waals surface area contributed by atoms with Crippen LogP contribution in [-0.2, 0) is 107 Å². The van der Waals surface area contributed by atoms with E-state index < -0.39 is 235 Å². The number of aromatic nitrogens is 4. The molecule has 44 heteroatoms. The van der Waals surface area contributed by atoms with E-state index in [2.05, 4.69) is 73.1 Å². The van der Waals surface area contributed by atoms with Crippen LogP contribution in [0.4, 0.5) is 0 Å². The molecule has 2 fully saturated rings. The molecule has 135 heavy (non-hydrogen) atoms. The number of aliphatic hydroxyl groups excluding tert-OH is 1. The molecular weight excluding hydrogens is 1770 g/mol. The second-order valence-electron chi connectivity index (χ2n) is 34.5. The summed E-state index contributed by atoms with van der Waals surface area (Å²) in [6, 6.07) is 0.920. The minimum atomic E-state index is -1.82. The zero-order chi connectivity index (χ0) is 99.0. The topological polar surface area (TPSA) is 646 Å². The number of Topliss-reactive ketones (excluding diaryl/α,β-unsaturated/α-hetero) is 1. The smallest absolute Gasteiger partial charge is 0.335 e. The highest BCUT2D eigenvalue weighted by molar-refractivity contribution is 8.00. The third-order valence-corrected chi connectivity index (χ3v) is 24.8. The van der Waals surface area contributed by atoms with Crippen molar-refractivity contribution in [3.05, 3.63) is 126 Å². The number of carbonyl (C=O) groups is 18. The zero-order valence-electron chi connectivity index (χ0n) is 77.4. The van der Waals surface area contributed by atoms with E-state index in [1.165, 1.54) is 71.9 Å². The van der Waals surface area contributed by atoms with E-state index in [1.54, 1.807) is 74.8 Å². The molecule has 0 spiro atoms. The van der Waals surface area contributed by atoms with Gasteiger partial charge in [0.25, 0.3) is 0 Å². The number of carbonyl (C=O) groups excluding carboxylic acids is 17. The quantitative estimate of drug-likeness (QED) is 0.0161. The second-order valence-corrected chi connectivity index (χ2v) is 35.5. The number of likely N-dealkylation sites (N-methyl/N-ethyl adjacent to an activating group) is 4. The van der Waals surface area contributed by atoms with E-state index in [0.29, 0.717) is 69.9 Å². The molecule has 22 N–H and O–H groups in total. The summed E-state index contributed by atoms with van der Waals surface area (Å²) in [7, 11) is 5.20. The highest BCUT2D eigenvalue weighted by Crippen LogP contribution is 2.28. The molecule has 43 nitrogen and oxygen atoms in total. The van der Waals surface area contributed by atoms with Crippen molar-refractivity contribution in [2.24, 2.45) is 29.0 Å². The first kappa shape index (κ1) is 107. The lowest BCUT2D eigenvalue weighted by molar-refractivity contribution is -0.149. The van der Waals surface area contributed by atoms with Gasteiger partial charge in [0.2, 0.25) is 94.5 Å². The molecule has 3 aromatic carbocycles. The number of guanidine groups is 1. The van der Waals surface area contributed by atoms with Crippen molar-refractivity contribution >= 4 is 146 Å². The number of aliphatic hydroxyl groups is 1. The van der Waals surface area contributed by atoms with Crippen molar-refractivity contribution in [3.63, 3.8) is 0 Å². The Bertz CT molecular complexity index is 5220. The molecule has 16 amide bonds. The van der Waals surface area contributed by atoms with E-state index >= 15 is 24.0 Å². The Labute approximate surface area is 785 Å². The number of benzene rings is 3. The van der Waals surface area contributed by atoms with Gasteiger partial charge >= 0.3 is 5.97 Å². The molecule has 13 atom stereocenters. The first-order valence-corrected chi connectivity index (χ1v) is 46.2. The fourth-order valence-electron chi connectivity index (χ4n) is 16.2. The van der Waals surface area contributed by atoms with Gasteiger partial charge in [0, 0.05) is 125 Å². The molecule has 5 heterocycles. The number of aromatic amines is 3. The first-order valence-electron chi connectivity index (χ1n) is 45.0. The lowest BCUT2D eigenvalue weighted by atomic mass is 9.92. The summed E-state index contributed by atoms with van der Waals surface area (Å²) >= 11 is 0.737. The third kappa shape index (κ3) is 30.9. The van der Waals surface area contributed by atoms with E-state index in [0.717, 1.165) is 36.3 Å². The molecule has 2 saturated heterocycles. The number of nitrogens with one attached hydrogen (secondary N) is 14. The van der Waals surface area contributed by atoms with Gasteiger partial charge < -0.3 is 120 Å². The number of unbranched alkanes of at least 4 members (excludes halogenated alkanes) is 2. The maximum Gasteiger partial charge on any atom is 0.335 e. The van der Waals surface area contributed by atoms with Crippen molar-refractivity contribution in [2.75, 3.05) is 72.5 Å². The van der Waals surface area contributed by atoms with E-state index in [-0.39, 0.29) is 95.2 Å². The molecule has 0 unspecified atom stereocenters. The average Bonchev–Trinajstić information content (AvgIpc) is 1.78. The van der Waals surface area contributed by atoms with Crippen LogP contribution in [0, 0.1) is 17.2 Å². The number of H-pyrrole nitrogens is 3. The highest BCUT2D eigenvalue weighted by Gasteiger charge is 2.44. The molecule has 6 aromatic rings. The Balaban J connectivity index is 1.19. The summed E-state index contributed by atoms with van der Waals surface area (Å²) in [6.45, 7) is 5.89. The van der Waals surface area contributed by atoms with Crippen LogP contribution in [0.1, 0.15) is 151 Å². The number of carboxylic acids is 1. The van der Waals surface area contributed by atoms with E-state index in [4.69, 9.17) is 22.6 Å². The van der Waals surface area contributed by atoms with Gasteiger partial charge in [-0.05, 0) is 105 Å². The zero-order valence-corrected chi connectivity index (χ0v) is 78.2. The molecule has 3 aromatic heterocycles. The molecule has 0 bridgehead atoms. The summed E-state index contributed by atoms with van der Waals surface area (Å²) in [4.78, 5) is 280. The summed E-state index contributed by atoms with van der Waals surface area (Å²) in [6.07, 6.45) is 5.12. The Kier molecular flexibility index (Phi) is 40.6. The number of hydrogen-bond acceptors (Lipinski definition) is 22. The van der Waals surface area contributed by atoms with Crippen LogP contribution < -0.4 is 70.4 Å². The Morgan fingerprint density at radius 3 is 1.74 bits per heavy atom. The second kappa shape index (κ2) is 51.4. The van der Waals surface area contributed by atoms with Gasteiger partial charge in [-0.1, -0.05) is 102 Å². The van der Waals surface area contributed by atoms with Crippen molar-refractivity contribution in [1.82, 2.24) is 97.6 Å². The number of carboxylic acid groups (broad SMARTS) is 1. The molecule has 0 saturated carbocycles. The number of thioether (sulfide) groups is 1. The van der Waals surface area contributed by atoms with Gasteiger partial charge in [-0.15, -0.1) is 11.8 Å². The minimum absolute atomic E-state index is 0.00326. The summed E-state index contributed by atoms with van der Waals surface area (Å²) < 4.78 is 0. The average molecular weight is 1900 g/mol. The van der Waals surface area contributed by atoms with Crippen LogP contribution in [0.3, 0.4) is 0 Å². The number of ketones is 1. The molecule has 2 aliphatic rings. The SMILES string of the molecule is CCCC[C@H]1C(=O)N(C)[C@@H](CCCC)C(=O)N[C@@H](CCCNC(=N)N)C(=O)N[C@H](C(=O)NCC(N)=O)CSCC(=O)N[C@@H](Cc2ccc(C(=O)O)cc2)C(=O)N(C)[C@@H](C)C(=O)N[C@@H](CC(N)=O)C(=O)N2CCC[C@H]2C(=O)N[C@@H](Cc2cnc[nH]2)C(=O)N[C@@H](CC(C)C)C(=O)N(C)CC(=O)C[C@@H](Cc2c[nH]c3ccccc23)C(=O)N[C@@H](CO)C(=O)N[C@@H](Cc2c[nH]c3ccccc23)C(=O)N1C. The fourth-order valence-corrected chi connectivity index (χ4v) is 17.1. The van der Waals surface area contributed by atoms with Gasteiger partial charge in [0.1, 0.15) is 72.5 Å². The monoisotopic (exact) mass is 1890 g/mol. The molecule has 0 radical (unpaired) electrons. The number of amides is 16. The number of nitrogens with zero attached hydrogens (tertiary/aromatic N) is 6. The maximum atomic E-state index is 15.7. The summed E-state index contributed by atoms with van der Waals surface area (Å²) in [5, 5.41) is 56.4. The Hall–Kier alpha value is -13.8. The highest BCUT2D eigenvalue weighted by atomic mass is 32.2. The van der Waals surface area contributed by atoms with Crippen molar-refractivity contribution in [1.29, 1.82) is 5.41 Å². The van der Waals surface area contributed by atoms with Crippen LogP contribution in [0.15, 0.2) is 97.7 Å². The van der Waals surface area contributed by atoms with Crippen LogP contribution >= 0.6 is 11.8 Å². The fraction of sp³-hybridized carbons (Fsp3) is 0.516. The molecular formula is C91H127N23O20S. The minimum Gasteiger partial charge on any atom is -0.478 e. The number of para-hydroxylation sites is 2. The van der Waals surface area contributed by atoms with Crippen molar-refractivity contribution < 1.29 is 96.5 Å². The number of imidazole rings is 1. The largest absolute Gasteiger partial charge is 0.478 e. The van der Waals surface area contributed by atoms with Gasteiger partial charge in [-0.25, -0.2) is 9.78 Å². The lowest BCUT2D eigenvalue weighted by Crippen LogP contribution is -2.61. The number of aromatic carboxylic acids is 1. The molecule has 2 aliphatic heterocycles. The van der Waals surface area contributed by atoms with Crippen LogP contribution in [-0.4, -0.2) is 312 Å².